The molecule has 0 aliphatic rings. The van der Waals surface area contributed by atoms with Crippen LogP contribution < -0.4 is 10.9 Å². The number of nitrogens with one attached hydrogen (secondary N) is 1. The fraction of sp³-hybridized carbons (Fsp3) is 0.278. The van der Waals surface area contributed by atoms with Crippen molar-refractivity contribution in [2.45, 2.75) is 26.4 Å². The fourth-order valence-electron chi connectivity index (χ4n) is 2.67. The lowest BCUT2D eigenvalue weighted by atomic mass is 10.0. The first-order valence-electron chi connectivity index (χ1n) is 8.09. The first-order chi connectivity index (χ1) is 12.1. The molecule has 2 aromatic heterocycles. The molecule has 1 N–H and O–H groups in total. The molecule has 3 aromatic rings. The van der Waals surface area contributed by atoms with Gasteiger partial charge in [0.05, 0.1) is 5.39 Å². The van der Waals surface area contributed by atoms with Crippen LogP contribution in [0.15, 0.2) is 53.6 Å². The number of rotatable bonds is 5. The maximum absolute atomic E-state index is 12.7. The quantitative estimate of drug-likeness (QED) is 0.765. The van der Waals surface area contributed by atoms with Crippen LogP contribution in [0.25, 0.3) is 10.9 Å². The van der Waals surface area contributed by atoms with Gasteiger partial charge in [0.2, 0.25) is 5.91 Å². The molecule has 25 heavy (non-hydrogen) atoms. The smallest absolute Gasteiger partial charge is 0.278 e. The maximum atomic E-state index is 12.7. The van der Waals surface area contributed by atoms with E-state index < -0.39 is 6.04 Å². The van der Waals surface area contributed by atoms with Gasteiger partial charge in [0.25, 0.3) is 5.56 Å². The predicted octanol–water partition coefficient (Wildman–Crippen LogP) is 1.70. The van der Waals surface area contributed by atoms with Crippen LogP contribution in [0.1, 0.15) is 25.5 Å². The zero-order valence-corrected chi connectivity index (χ0v) is 14.1. The lowest BCUT2D eigenvalue weighted by Crippen LogP contribution is -2.41. The number of amides is 1. The molecule has 1 aromatic carbocycles. The Hall–Kier alpha value is -3.09. The van der Waals surface area contributed by atoms with Gasteiger partial charge in [0.1, 0.15) is 11.6 Å². The van der Waals surface area contributed by atoms with Crippen molar-refractivity contribution in [3.8, 4) is 0 Å². The summed E-state index contributed by atoms with van der Waals surface area (Å²) in [6.07, 6.45) is 3.33. The molecule has 3 rings (SSSR count). The van der Waals surface area contributed by atoms with Gasteiger partial charge in [0.15, 0.2) is 0 Å². The molecule has 7 heteroatoms. The summed E-state index contributed by atoms with van der Waals surface area (Å²) in [7, 11) is 0. The van der Waals surface area contributed by atoms with Crippen molar-refractivity contribution in [1.82, 2.24) is 25.3 Å². The molecular weight excluding hydrogens is 318 g/mol. The third-order valence-corrected chi connectivity index (χ3v) is 3.97. The summed E-state index contributed by atoms with van der Waals surface area (Å²) in [6, 6.07) is 9.90. The lowest BCUT2D eigenvalue weighted by Gasteiger charge is -2.21. The number of hydrogen-bond donors (Lipinski definition) is 1. The van der Waals surface area contributed by atoms with Crippen LogP contribution in [0, 0.1) is 5.92 Å². The molecule has 1 unspecified atom stereocenters. The highest BCUT2D eigenvalue weighted by Gasteiger charge is 2.27. The van der Waals surface area contributed by atoms with Crippen molar-refractivity contribution in [1.29, 1.82) is 0 Å². The van der Waals surface area contributed by atoms with Crippen LogP contribution in [0.4, 0.5) is 0 Å². The predicted molar refractivity (Wildman–Crippen MR) is 93.8 cm³/mol. The molecular formula is C18H19N5O2. The number of pyridine rings is 1. The van der Waals surface area contributed by atoms with E-state index in [1.54, 1.807) is 36.7 Å². The molecule has 1 amide bonds. The standard InChI is InChI=1S/C18H19N5O2/c1-12(2)16(17(24)20-11-13-7-9-19-10-8-13)23-18(25)14-5-3-4-6-15(14)21-22-23/h3-10,12,16H,11H2,1-2H3,(H,20,24). The average Bonchev–Trinajstić information content (AvgIpc) is 2.63. The summed E-state index contributed by atoms with van der Waals surface area (Å²) in [4.78, 5) is 29.4. The van der Waals surface area contributed by atoms with Gasteiger partial charge < -0.3 is 5.32 Å². The first kappa shape index (κ1) is 16.8. The van der Waals surface area contributed by atoms with E-state index in [-0.39, 0.29) is 17.4 Å². The van der Waals surface area contributed by atoms with Crippen LogP contribution in [-0.4, -0.2) is 25.9 Å². The molecule has 0 saturated heterocycles. The number of fused-ring (bicyclic) bond motifs is 1. The van der Waals surface area contributed by atoms with Gasteiger partial charge >= 0.3 is 0 Å². The Labute approximate surface area is 144 Å². The van der Waals surface area contributed by atoms with Crippen LogP contribution in [0.3, 0.4) is 0 Å². The van der Waals surface area contributed by atoms with Crippen LogP contribution in [0.5, 0.6) is 0 Å². The highest BCUT2D eigenvalue weighted by atomic mass is 16.2. The Kier molecular flexibility index (Phi) is 4.83. The molecule has 0 bridgehead atoms. The van der Waals surface area contributed by atoms with Crippen molar-refractivity contribution in [2.24, 2.45) is 5.92 Å². The second-order valence-corrected chi connectivity index (χ2v) is 6.12. The van der Waals surface area contributed by atoms with E-state index >= 15 is 0 Å². The second-order valence-electron chi connectivity index (χ2n) is 6.12. The van der Waals surface area contributed by atoms with Gasteiger partial charge in [-0.25, -0.2) is 0 Å². The minimum atomic E-state index is -0.730. The average molecular weight is 337 g/mol. The number of hydrogen-bond acceptors (Lipinski definition) is 5. The van der Waals surface area contributed by atoms with Crippen molar-refractivity contribution in [2.75, 3.05) is 0 Å². The highest BCUT2D eigenvalue weighted by molar-refractivity contribution is 5.81. The number of benzene rings is 1. The van der Waals surface area contributed by atoms with Crippen LogP contribution in [-0.2, 0) is 11.3 Å². The first-order valence-corrected chi connectivity index (χ1v) is 8.09. The Morgan fingerprint density at radius 3 is 2.60 bits per heavy atom. The zero-order chi connectivity index (χ0) is 17.8. The van der Waals surface area contributed by atoms with Gasteiger partial charge in [-0.2, -0.15) is 4.68 Å². The van der Waals surface area contributed by atoms with E-state index in [4.69, 9.17) is 0 Å². The Balaban J connectivity index is 1.89. The topological polar surface area (TPSA) is 89.8 Å². The number of nitrogens with zero attached hydrogens (tertiary/aromatic N) is 4. The minimum absolute atomic E-state index is 0.120. The van der Waals surface area contributed by atoms with Crippen LogP contribution in [0.2, 0.25) is 0 Å². The van der Waals surface area contributed by atoms with E-state index in [1.165, 1.54) is 4.68 Å². The molecule has 0 aliphatic carbocycles. The molecule has 128 valence electrons. The molecule has 0 fully saturated rings. The van der Waals surface area contributed by atoms with E-state index in [9.17, 15) is 9.59 Å². The van der Waals surface area contributed by atoms with Crippen molar-refractivity contribution >= 4 is 16.8 Å². The Bertz CT molecular complexity index is 937. The third kappa shape index (κ3) is 3.55. The van der Waals surface area contributed by atoms with E-state index in [0.717, 1.165) is 5.56 Å². The molecule has 1 atom stereocenters. The largest absolute Gasteiger partial charge is 0.350 e. The van der Waals surface area contributed by atoms with Crippen molar-refractivity contribution in [3.05, 3.63) is 64.7 Å². The Morgan fingerprint density at radius 2 is 1.88 bits per heavy atom. The fourth-order valence-corrected chi connectivity index (χ4v) is 2.67. The molecule has 0 aliphatic heterocycles. The number of carbonyl (C=O) groups is 1. The van der Waals surface area contributed by atoms with Crippen LogP contribution >= 0.6 is 0 Å². The van der Waals surface area contributed by atoms with E-state index in [1.807, 2.05) is 26.0 Å². The second kappa shape index (κ2) is 7.21. The lowest BCUT2D eigenvalue weighted by molar-refractivity contribution is -0.126. The summed E-state index contributed by atoms with van der Waals surface area (Å²) >= 11 is 0. The molecule has 0 spiro atoms. The van der Waals surface area contributed by atoms with E-state index in [0.29, 0.717) is 17.4 Å². The van der Waals surface area contributed by atoms with Gasteiger partial charge in [-0.1, -0.05) is 31.2 Å². The molecule has 7 nitrogen and oxygen atoms in total. The minimum Gasteiger partial charge on any atom is -0.350 e. The zero-order valence-electron chi connectivity index (χ0n) is 14.1. The summed E-state index contributed by atoms with van der Waals surface area (Å²) in [5.74, 6) is -0.385. The summed E-state index contributed by atoms with van der Waals surface area (Å²) in [6.45, 7) is 4.11. The van der Waals surface area contributed by atoms with Crippen molar-refractivity contribution in [3.63, 3.8) is 0 Å². The SMILES string of the molecule is CC(C)C(C(=O)NCc1ccncc1)n1nnc2ccccc2c1=O. The maximum Gasteiger partial charge on any atom is 0.278 e. The Morgan fingerprint density at radius 1 is 1.16 bits per heavy atom. The molecule has 0 radical (unpaired) electrons. The van der Waals surface area contributed by atoms with Gasteiger partial charge in [-0.3, -0.25) is 14.6 Å². The monoisotopic (exact) mass is 337 g/mol. The van der Waals surface area contributed by atoms with E-state index in [2.05, 4.69) is 20.6 Å². The molecule has 0 saturated carbocycles. The molecule has 2 heterocycles. The van der Waals surface area contributed by atoms with Gasteiger partial charge in [-0.05, 0) is 35.7 Å². The summed E-state index contributed by atoms with van der Waals surface area (Å²) < 4.78 is 1.18. The summed E-state index contributed by atoms with van der Waals surface area (Å²) in [5, 5.41) is 11.4. The van der Waals surface area contributed by atoms with Gasteiger partial charge in [-0.15, -0.1) is 5.10 Å². The van der Waals surface area contributed by atoms with Crippen molar-refractivity contribution < 1.29 is 4.79 Å². The third-order valence-electron chi connectivity index (χ3n) is 3.97. The highest BCUT2D eigenvalue weighted by Crippen LogP contribution is 2.16. The van der Waals surface area contributed by atoms with Gasteiger partial charge in [0, 0.05) is 18.9 Å². The normalized spacial score (nSPS) is 12.3. The number of aromatic nitrogens is 4. The number of carbonyl (C=O) groups excluding carboxylic acids is 1. The summed E-state index contributed by atoms with van der Waals surface area (Å²) in [5.41, 5.74) is 1.13.